The zero-order chi connectivity index (χ0) is 14.7. The van der Waals surface area contributed by atoms with Gasteiger partial charge in [0.05, 0.1) is 5.69 Å². The van der Waals surface area contributed by atoms with Crippen LogP contribution >= 0.6 is 0 Å². The molecule has 102 valence electrons. The number of para-hydroxylation sites is 1. The third-order valence-electron chi connectivity index (χ3n) is 3.12. The van der Waals surface area contributed by atoms with E-state index in [9.17, 15) is 9.59 Å². The molecule has 0 spiro atoms. The van der Waals surface area contributed by atoms with Crippen molar-refractivity contribution in [2.45, 2.75) is 0 Å². The van der Waals surface area contributed by atoms with E-state index < -0.39 is 0 Å². The molecule has 0 aliphatic heterocycles. The lowest BCUT2D eigenvalue weighted by atomic mass is 10.0. The Kier molecular flexibility index (Phi) is 3.39. The number of benzene rings is 2. The van der Waals surface area contributed by atoms with Gasteiger partial charge in [0.1, 0.15) is 6.33 Å². The molecule has 3 aromatic rings. The number of carbonyl (C=O) groups excluding carboxylic acids is 2. The van der Waals surface area contributed by atoms with E-state index in [0.717, 1.165) is 0 Å². The van der Waals surface area contributed by atoms with Crippen LogP contribution in [0.4, 0.5) is 0 Å². The summed E-state index contributed by atoms with van der Waals surface area (Å²) in [5.74, 6) is 0.0417. The van der Waals surface area contributed by atoms with E-state index in [0.29, 0.717) is 23.1 Å². The summed E-state index contributed by atoms with van der Waals surface area (Å²) in [7, 11) is 0. The number of hydrogen-bond donors (Lipinski definition) is 0. The smallest absolute Gasteiger partial charge is 0.201 e. The maximum Gasteiger partial charge on any atom is 0.201 e. The standard InChI is InChI=1S/C16H11N3O2/c20-10-15-18-17-11-19(15)14-9-5-4-8-13(14)16(21)12-6-2-1-3-7-12/h1-11H. The average molecular weight is 277 g/mol. The van der Waals surface area contributed by atoms with Crippen LogP contribution in [0.25, 0.3) is 5.69 Å². The monoisotopic (exact) mass is 277 g/mol. The lowest BCUT2D eigenvalue weighted by Crippen LogP contribution is -2.08. The van der Waals surface area contributed by atoms with Crippen LogP contribution in [-0.4, -0.2) is 26.8 Å². The van der Waals surface area contributed by atoms with Crippen LogP contribution in [-0.2, 0) is 0 Å². The average Bonchev–Trinajstić information content (AvgIpc) is 3.03. The summed E-state index contributed by atoms with van der Waals surface area (Å²) in [4.78, 5) is 23.6. The molecular weight excluding hydrogens is 266 g/mol. The minimum Gasteiger partial charge on any atom is -0.294 e. The van der Waals surface area contributed by atoms with Gasteiger partial charge in [-0.2, -0.15) is 0 Å². The van der Waals surface area contributed by atoms with Crippen LogP contribution in [0.2, 0.25) is 0 Å². The molecule has 0 amide bonds. The predicted molar refractivity (Wildman–Crippen MR) is 76.6 cm³/mol. The van der Waals surface area contributed by atoms with Gasteiger partial charge in [0.25, 0.3) is 0 Å². The summed E-state index contributed by atoms with van der Waals surface area (Å²) in [6, 6.07) is 16.0. The van der Waals surface area contributed by atoms with Crippen LogP contribution in [0.3, 0.4) is 0 Å². The van der Waals surface area contributed by atoms with Gasteiger partial charge in [0, 0.05) is 11.1 Å². The van der Waals surface area contributed by atoms with E-state index in [1.54, 1.807) is 36.4 Å². The van der Waals surface area contributed by atoms with Crippen LogP contribution in [0.15, 0.2) is 60.9 Å². The topological polar surface area (TPSA) is 64.8 Å². The molecule has 0 aliphatic rings. The molecule has 0 radical (unpaired) electrons. The van der Waals surface area contributed by atoms with Crippen molar-refractivity contribution < 1.29 is 9.59 Å². The Labute approximate surface area is 120 Å². The summed E-state index contributed by atoms with van der Waals surface area (Å²) < 4.78 is 1.50. The van der Waals surface area contributed by atoms with Crippen molar-refractivity contribution in [2.24, 2.45) is 0 Å². The first-order chi connectivity index (χ1) is 10.3. The summed E-state index contributed by atoms with van der Waals surface area (Å²) in [5.41, 5.74) is 1.66. The fourth-order valence-corrected chi connectivity index (χ4v) is 2.13. The van der Waals surface area contributed by atoms with Crippen LogP contribution in [0.5, 0.6) is 0 Å². The lowest BCUT2D eigenvalue weighted by molar-refractivity contribution is 0.103. The Balaban J connectivity index is 2.13. The van der Waals surface area contributed by atoms with Crippen LogP contribution in [0.1, 0.15) is 26.5 Å². The van der Waals surface area contributed by atoms with Gasteiger partial charge in [-0.05, 0) is 12.1 Å². The van der Waals surface area contributed by atoms with Crippen LogP contribution < -0.4 is 0 Å². The van der Waals surface area contributed by atoms with Crippen molar-refractivity contribution in [3.05, 3.63) is 77.9 Å². The molecule has 0 N–H and O–H groups in total. The van der Waals surface area contributed by atoms with E-state index in [2.05, 4.69) is 10.2 Å². The zero-order valence-electron chi connectivity index (χ0n) is 11.0. The first kappa shape index (κ1) is 12.9. The normalized spacial score (nSPS) is 10.3. The molecule has 0 unspecified atom stereocenters. The first-order valence-electron chi connectivity index (χ1n) is 6.35. The molecule has 0 aliphatic carbocycles. The largest absolute Gasteiger partial charge is 0.294 e. The van der Waals surface area contributed by atoms with Gasteiger partial charge >= 0.3 is 0 Å². The number of aromatic nitrogens is 3. The van der Waals surface area contributed by atoms with Gasteiger partial charge in [0.2, 0.25) is 5.82 Å². The van der Waals surface area contributed by atoms with Gasteiger partial charge in [-0.15, -0.1) is 10.2 Å². The first-order valence-corrected chi connectivity index (χ1v) is 6.35. The molecule has 3 rings (SSSR count). The SMILES string of the molecule is O=Cc1nncn1-c1ccccc1C(=O)c1ccccc1. The quantitative estimate of drug-likeness (QED) is 0.542. The summed E-state index contributed by atoms with van der Waals surface area (Å²) in [5, 5.41) is 7.43. The Hall–Kier alpha value is -3.08. The minimum atomic E-state index is -0.114. The van der Waals surface area contributed by atoms with Crippen LogP contribution in [0, 0.1) is 0 Å². The fourth-order valence-electron chi connectivity index (χ4n) is 2.13. The number of ketones is 1. The summed E-state index contributed by atoms with van der Waals surface area (Å²) in [6.45, 7) is 0. The van der Waals surface area contributed by atoms with Gasteiger partial charge in [-0.1, -0.05) is 42.5 Å². The number of hydrogen-bond acceptors (Lipinski definition) is 4. The van der Waals surface area contributed by atoms with Gasteiger partial charge in [-0.25, -0.2) is 0 Å². The second-order valence-electron chi connectivity index (χ2n) is 4.39. The van der Waals surface area contributed by atoms with E-state index in [1.165, 1.54) is 10.9 Å². The Morgan fingerprint density at radius 1 is 1.00 bits per heavy atom. The number of aldehydes is 1. The maximum absolute atomic E-state index is 12.6. The molecule has 1 aromatic heterocycles. The molecule has 0 bridgehead atoms. The lowest BCUT2D eigenvalue weighted by Gasteiger charge is -2.09. The molecule has 0 atom stereocenters. The van der Waals surface area contributed by atoms with Crippen molar-refractivity contribution in [2.75, 3.05) is 0 Å². The minimum absolute atomic E-state index is 0.114. The summed E-state index contributed by atoms with van der Waals surface area (Å²) in [6.07, 6.45) is 2.03. The highest BCUT2D eigenvalue weighted by molar-refractivity contribution is 6.11. The van der Waals surface area contributed by atoms with E-state index >= 15 is 0 Å². The highest BCUT2D eigenvalue weighted by Gasteiger charge is 2.16. The molecular formula is C16H11N3O2. The number of rotatable bonds is 4. The maximum atomic E-state index is 12.6. The molecule has 2 aromatic carbocycles. The molecule has 21 heavy (non-hydrogen) atoms. The van der Waals surface area contributed by atoms with Gasteiger partial charge < -0.3 is 0 Å². The molecule has 0 saturated heterocycles. The number of carbonyl (C=O) groups is 2. The third-order valence-corrected chi connectivity index (χ3v) is 3.12. The fraction of sp³-hybridized carbons (Fsp3) is 0. The molecule has 5 heteroatoms. The van der Waals surface area contributed by atoms with Gasteiger partial charge in [-0.3, -0.25) is 14.2 Å². The van der Waals surface area contributed by atoms with E-state index in [1.807, 2.05) is 18.2 Å². The van der Waals surface area contributed by atoms with Crippen molar-refractivity contribution >= 4 is 12.1 Å². The Bertz CT molecular complexity index is 794. The Morgan fingerprint density at radius 3 is 2.48 bits per heavy atom. The highest BCUT2D eigenvalue weighted by atomic mass is 16.1. The summed E-state index contributed by atoms with van der Waals surface area (Å²) >= 11 is 0. The highest BCUT2D eigenvalue weighted by Crippen LogP contribution is 2.19. The van der Waals surface area contributed by atoms with E-state index in [4.69, 9.17) is 0 Å². The molecule has 1 heterocycles. The zero-order valence-corrected chi connectivity index (χ0v) is 11.0. The van der Waals surface area contributed by atoms with Crippen molar-refractivity contribution in [3.8, 4) is 5.69 Å². The molecule has 0 saturated carbocycles. The second kappa shape index (κ2) is 5.50. The molecule has 0 fully saturated rings. The number of nitrogens with zero attached hydrogens (tertiary/aromatic N) is 3. The molecule has 5 nitrogen and oxygen atoms in total. The Morgan fingerprint density at radius 2 is 1.71 bits per heavy atom. The van der Waals surface area contributed by atoms with Crippen molar-refractivity contribution in [1.82, 2.24) is 14.8 Å². The van der Waals surface area contributed by atoms with Gasteiger partial charge in [0.15, 0.2) is 12.1 Å². The van der Waals surface area contributed by atoms with Crippen molar-refractivity contribution in [3.63, 3.8) is 0 Å². The predicted octanol–water partition coefficient (Wildman–Crippen LogP) is 2.31. The third kappa shape index (κ3) is 2.36. The second-order valence-corrected chi connectivity index (χ2v) is 4.39. The van der Waals surface area contributed by atoms with Crippen molar-refractivity contribution in [1.29, 1.82) is 0 Å². The van der Waals surface area contributed by atoms with E-state index in [-0.39, 0.29) is 11.6 Å².